The maximum Gasteiger partial charge on any atom is 0.274 e. The molecule has 1 aliphatic carbocycles. The van der Waals surface area contributed by atoms with Gasteiger partial charge < -0.3 is 10.2 Å². The molecule has 116 valence electrons. The lowest BCUT2D eigenvalue weighted by atomic mass is 10.1. The fraction of sp³-hybridized carbons (Fsp3) is 0.750. The van der Waals surface area contributed by atoms with Gasteiger partial charge in [-0.3, -0.25) is 9.48 Å². The molecule has 1 unspecified atom stereocenters. The quantitative estimate of drug-likeness (QED) is 0.903. The minimum absolute atomic E-state index is 0.105. The van der Waals surface area contributed by atoms with Crippen LogP contribution in [0.25, 0.3) is 0 Å². The van der Waals surface area contributed by atoms with Crippen molar-refractivity contribution in [1.29, 1.82) is 0 Å². The molecule has 1 saturated carbocycles. The average Bonchev–Trinajstić information content (AvgIpc) is 3.21. The summed E-state index contributed by atoms with van der Waals surface area (Å²) in [5.74, 6) is 0.605. The van der Waals surface area contributed by atoms with Gasteiger partial charge in [0.2, 0.25) is 0 Å². The lowest BCUT2D eigenvalue weighted by Crippen LogP contribution is -2.36. The number of hydrogen-bond acceptors (Lipinski definition) is 3. The highest BCUT2D eigenvalue weighted by Crippen LogP contribution is 2.29. The Morgan fingerprint density at radius 3 is 2.90 bits per heavy atom. The number of piperidine rings is 1. The number of nitrogens with zero attached hydrogens (tertiary/aromatic N) is 3. The molecule has 0 bridgehead atoms. The molecule has 1 N–H and O–H groups in total. The van der Waals surface area contributed by atoms with Crippen LogP contribution in [0.15, 0.2) is 12.3 Å². The summed E-state index contributed by atoms with van der Waals surface area (Å²) < 4.78 is 1.97. The van der Waals surface area contributed by atoms with Gasteiger partial charge in [0.25, 0.3) is 5.91 Å². The van der Waals surface area contributed by atoms with Crippen LogP contribution in [-0.2, 0) is 0 Å². The third kappa shape index (κ3) is 3.46. The van der Waals surface area contributed by atoms with Gasteiger partial charge in [-0.2, -0.15) is 5.10 Å². The highest BCUT2D eigenvalue weighted by molar-refractivity contribution is 5.92. The first-order valence-electron chi connectivity index (χ1n) is 8.22. The Hall–Kier alpha value is -1.36. The number of amides is 1. The monoisotopic (exact) mass is 290 g/mol. The van der Waals surface area contributed by atoms with E-state index < -0.39 is 0 Å². The van der Waals surface area contributed by atoms with E-state index in [0.717, 1.165) is 38.9 Å². The molecule has 21 heavy (non-hydrogen) atoms. The van der Waals surface area contributed by atoms with Crippen molar-refractivity contribution in [3.05, 3.63) is 18.0 Å². The average molecular weight is 290 g/mol. The first-order valence-corrected chi connectivity index (χ1v) is 8.22. The summed E-state index contributed by atoms with van der Waals surface area (Å²) in [5, 5.41) is 7.95. The second-order valence-electron chi connectivity index (χ2n) is 6.76. The molecule has 1 amide bonds. The molecule has 2 aliphatic rings. The Kier molecular flexibility index (Phi) is 4.29. The minimum Gasteiger partial charge on any atom is -0.334 e. The number of carbonyl (C=O) groups is 1. The second kappa shape index (κ2) is 6.18. The molecule has 2 heterocycles. The molecule has 5 heteroatoms. The van der Waals surface area contributed by atoms with Crippen molar-refractivity contribution >= 4 is 5.91 Å². The highest BCUT2D eigenvalue weighted by atomic mass is 16.2. The van der Waals surface area contributed by atoms with Crippen LogP contribution in [0.5, 0.6) is 0 Å². The Balaban J connectivity index is 1.70. The van der Waals surface area contributed by atoms with E-state index in [1.165, 1.54) is 6.42 Å². The van der Waals surface area contributed by atoms with E-state index in [2.05, 4.69) is 24.3 Å². The smallest absolute Gasteiger partial charge is 0.274 e. The van der Waals surface area contributed by atoms with E-state index >= 15 is 0 Å². The topological polar surface area (TPSA) is 50.2 Å². The van der Waals surface area contributed by atoms with Gasteiger partial charge in [0.15, 0.2) is 0 Å². The van der Waals surface area contributed by atoms with Gasteiger partial charge in [0.05, 0.1) is 6.04 Å². The van der Waals surface area contributed by atoms with Crippen molar-refractivity contribution in [1.82, 2.24) is 20.0 Å². The number of hydrogen-bond donors (Lipinski definition) is 1. The SMILES string of the molecule is CC(C)CN(C(=O)c1ccn(C2CCCNC2)n1)C1CC1. The molecule has 1 aromatic heterocycles. The van der Waals surface area contributed by atoms with Crippen molar-refractivity contribution in [3.63, 3.8) is 0 Å². The molecule has 2 fully saturated rings. The molecular weight excluding hydrogens is 264 g/mol. The van der Waals surface area contributed by atoms with Gasteiger partial charge in [0, 0.05) is 25.3 Å². The summed E-state index contributed by atoms with van der Waals surface area (Å²) >= 11 is 0. The molecule has 1 atom stereocenters. The second-order valence-corrected chi connectivity index (χ2v) is 6.76. The number of carbonyl (C=O) groups excluding carboxylic acids is 1. The molecule has 3 rings (SSSR count). The maximum absolute atomic E-state index is 12.7. The van der Waals surface area contributed by atoms with Crippen LogP contribution in [0, 0.1) is 5.92 Å². The van der Waals surface area contributed by atoms with E-state index in [4.69, 9.17) is 0 Å². The Morgan fingerprint density at radius 1 is 1.48 bits per heavy atom. The van der Waals surface area contributed by atoms with Crippen LogP contribution >= 0.6 is 0 Å². The van der Waals surface area contributed by atoms with Crippen LogP contribution in [0.4, 0.5) is 0 Å². The molecule has 0 aromatic carbocycles. The van der Waals surface area contributed by atoms with Gasteiger partial charge in [-0.1, -0.05) is 13.8 Å². The lowest BCUT2D eigenvalue weighted by Gasteiger charge is -2.24. The van der Waals surface area contributed by atoms with Gasteiger partial charge in [0.1, 0.15) is 5.69 Å². The Labute approximate surface area is 126 Å². The van der Waals surface area contributed by atoms with Crippen LogP contribution in [0.2, 0.25) is 0 Å². The molecular formula is C16H26N4O. The fourth-order valence-electron chi connectivity index (χ4n) is 3.04. The fourth-order valence-corrected chi connectivity index (χ4v) is 3.04. The molecule has 1 saturated heterocycles. The molecule has 0 radical (unpaired) electrons. The summed E-state index contributed by atoms with van der Waals surface area (Å²) in [6.45, 7) is 7.20. The lowest BCUT2D eigenvalue weighted by molar-refractivity contribution is 0.0715. The summed E-state index contributed by atoms with van der Waals surface area (Å²) in [7, 11) is 0. The predicted octanol–water partition coefficient (Wildman–Crippen LogP) is 2.07. The van der Waals surface area contributed by atoms with E-state index in [-0.39, 0.29) is 5.91 Å². The summed E-state index contributed by atoms with van der Waals surface area (Å²) in [5.41, 5.74) is 0.605. The number of aromatic nitrogens is 2. The normalized spacial score (nSPS) is 22.5. The zero-order chi connectivity index (χ0) is 14.8. The first-order chi connectivity index (χ1) is 10.1. The first kappa shape index (κ1) is 14.6. The molecule has 1 aromatic rings. The summed E-state index contributed by atoms with van der Waals surface area (Å²) in [6, 6.07) is 2.72. The number of nitrogens with one attached hydrogen (secondary N) is 1. The van der Waals surface area contributed by atoms with Gasteiger partial charge in [-0.05, 0) is 44.2 Å². The Morgan fingerprint density at radius 2 is 2.29 bits per heavy atom. The summed E-state index contributed by atoms with van der Waals surface area (Å²) in [4.78, 5) is 14.7. The van der Waals surface area contributed by atoms with E-state index in [1.54, 1.807) is 0 Å². The highest BCUT2D eigenvalue weighted by Gasteiger charge is 2.34. The van der Waals surface area contributed by atoms with Crippen molar-refractivity contribution < 1.29 is 4.79 Å². The van der Waals surface area contributed by atoms with Gasteiger partial charge in [-0.25, -0.2) is 0 Å². The molecule has 0 spiro atoms. The predicted molar refractivity (Wildman–Crippen MR) is 82.3 cm³/mol. The largest absolute Gasteiger partial charge is 0.334 e. The standard InChI is InChI=1S/C16H26N4O/c1-12(2)11-19(13-5-6-13)16(21)15-7-9-20(18-15)14-4-3-8-17-10-14/h7,9,12-14,17H,3-6,8,10-11H2,1-2H3. The maximum atomic E-state index is 12.7. The third-order valence-corrected chi connectivity index (χ3v) is 4.28. The zero-order valence-corrected chi connectivity index (χ0v) is 13.1. The van der Waals surface area contributed by atoms with Gasteiger partial charge in [-0.15, -0.1) is 0 Å². The van der Waals surface area contributed by atoms with Crippen LogP contribution in [-0.4, -0.2) is 46.3 Å². The Bertz CT molecular complexity index is 486. The van der Waals surface area contributed by atoms with E-state index in [1.807, 2.05) is 21.8 Å². The van der Waals surface area contributed by atoms with E-state index in [0.29, 0.717) is 23.7 Å². The minimum atomic E-state index is 0.105. The van der Waals surface area contributed by atoms with Crippen LogP contribution < -0.4 is 5.32 Å². The summed E-state index contributed by atoms with van der Waals surface area (Å²) in [6.07, 6.45) is 6.57. The van der Waals surface area contributed by atoms with Crippen LogP contribution in [0.1, 0.15) is 56.1 Å². The van der Waals surface area contributed by atoms with E-state index in [9.17, 15) is 4.79 Å². The van der Waals surface area contributed by atoms with Crippen LogP contribution in [0.3, 0.4) is 0 Å². The molecule has 1 aliphatic heterocycles. The van der Waals surface area contributed by atoms with Crippen molar-refractivity contribution in [3.8, 4) is 0 Å². The molecule has 5 nitrogen and oxygen atoms in total. The van der Waals surface area contributed by atoms with Crippen molar-refractivity contribution in [2.45, 2.75) is 51.6 Å². The van der Waals surface area contributed by atoms with Gasteiger partial charge >= 0.3 is 0 Å². The third-order valence-electron chi connectivity index (χ3n) is 4.28. The zero-order valence-electron chi connectivity index (χ0n) is 13.1. The van der Waals surface area contributed by atoms with Crippen molar-refractivity contribution in [2.75, 3.05) is 19.6 Å². The number of rotatable bonds is 5. The van der Waals surface area contributed by atoms with Crippen molar-refractivity contribution in [2.24, 2.45) is 5.92 Å².